The van der Waals surface area contributed by atoms with E-state index in [1.54, 1.807) is 13.8 Å². The van der Waals surface area contributed by atoms with E-state index in [0.717, 1.165) is 44.3 Å². The van der Waals surface area contributed by atoms with Crippen LogP contribution >= 0.6 is 0 Å². The maximum Gasteiger partial charge on any atom is 0.737 e. The number of fused-ring (bicyclic) bond motifs is 4. The highest BCUT2D eigenvalue weighted by Crippen LogP contribution is 2.46. The number of esters is 1. The van der Waals surface area contributed by atoms with Crippen LogP contribution in [0.2, 0.25) is 0 Å². The van der Waals surface area contributed by atoms with Crippen molar-refractivity contribution in [3.8, 4) is 5.75 Å². The van der Waals surface area contributed by atoms with Gasteiger partial charge in [-0.05, 0) is 136 Å². The standard InChI is InChI=1S/C44H37BF2N2O2/c1-24-22-32(23-25(2)39(24)42-43-26(3)20-28(5)48(43)45(46,47)49-29(6)21-27(4)44(42)49)51-38(50)19-17-30-16-18-37-35-14-8-11-31-10-7-13-34(40(31)35)36-15-9-12-33(30)41(36)37/h7-16,18,20-23H,17,19H2,1-6H3. The van der Waals surface area contributed by atoms with E-state index in [0.29, 0.717) is 35.0 Å². The summed E-state index contributed by atoms with van der Waals surface area (Å²) >= 11 is 0. The summed E-state index contributed by atoms with van der Waals surface area (Å²) in [6.07, 6.45) is 2.60. The summed E-state index contributed by atoms with van der Waals surface area (Å²) < 4.78 is 40.8. The molecule has 2 aliphatic rings. The van der Waals surface area contributed by atoms with Gasteiger partial charge in [-0.2, -0.15) is 0 Å². The van der Waals surface area contributed by atoms with Gasteiger partial charge in [-0.15, -0.1) is 0 Å². The van der Waals surface area contributed by atoms with Crippen LogP contribution in [0.5, 0.6) is 5.75 Å². The molecule has 4 nitrogen and oxygen atoms in total. The lowest BCUT2D eigenvalue weighted by Gasteiger charge is -2.34. The monoisotopic (exact) mass is 674 g/mol. The van der Waals surface area contributed by atoms with Gasteiger partial charge in [-0.3, -0.25) is 4.79 Å². The number of allylic oxidation sites excluding steroid dienone is 2. The Bertz CT molecular complexity index is 2710. The minimum atomic E-state index is -4.06. The van der Waals surface area contributed by atoms with E-state index in [-0.39, 0.29) is 12.4 Å². The normalized spacial score (nSPS) is 15.4. The Labute approximate surface area is 295 Å². The predicted molar refractivity (Wildman–Crippen MR) is 206 cm³/mol. The number of hydrogen-bond acceptors (Lipinski definition) is 2. The van der Waals surface area contributed by atoms with E-state index >= 15 is 8.63 Å². The van der Waals surface area contributed by atoms with Crippen molar-refractivity contribution in [2.24, 2.45) is 0 Å². The quantitative estimate of drug-likeness (QED) is 0.0599. The third kappa shape index (κ3) is 4.43. The van der Waals surface area contributed by atoms with Gasteiger partial charge in [0.15, 0.2) is 5.70 Å². The van der Waals surface area contributed by atoms with Crippen molar-refractivity contribution < 1.29 is 22.6 Å². The Morgan fingerprint density at radius 1 is 0.745 bits per heavy atom. The summed E-state index contributed by atoms with van der Waals surface area (Å²) in [5, 5.41) is 9.82. The Kier molecular flexibility index (Phi) is 6.76. The second-order valence-corrected chi connectivity index (χ2v) is 14.5. The average Bonchev–Trinajstić information content (AvgIpc) is 3.57. The lowest BCUT2D eigenvalue weighted by molar-refractivity contribution is -0.363. The van der Waals surface area contributed by atoms with Crippen LogP contribution < -0.4 is 4.74 Å². The minimum Gasteiger partial charge on any atom is -0.427 e. The lowest BCUT2D eigenvalue weighted by atomic mass is 9.81. The van der Waals surface area contributed by atoms with Crippen LogP contribution in [-0.4, -0.2) is 27.6 Å². The van der Waals surface area contributed by atoms with Gasteiger partial charge in [0, 0.05) is 24.3 Å². The van der Waals surface area contributed by atoms with E-state index in [9.17, 15) is 4.79 Å². The number of halogens is 2. The van der Waals surface area contributed by atoms with Crippen molar-refractivity contribution in [3.63, 3.8) is 0 Å². The first-order valence-electron chi connectivity index (χ1n) is 17.6. The molecule has 0 amide bonds. The topological polar surface area (TPSA) is 34.2 Å². The molecule has 2 aliphatic heterocycles. The highest BCUT2D eigenvalue weighted by atomic mass is 19.2. The maximum atomic E-state index is 16.2. The third-order valence-corrected chi connectivity index (χ3v) is 11.1. The number of hydrogen-bond donors (Lipinski definition) is 0. The van der Waals surface area contributed by atoms with Crippen molar-refractivity contribution in [3.05, 3.63) is 141 Å². The van der Waals surface area contributed by atoms with Crippen LogP contribution in [0.1, 0.15) is 59.5 Å². The Hall–Kier alpha value is -5.56. The van der Waals surface area contributed by atoms with E-state index in [1.807, 2.05) is 52.0 Å². The van der Waals surface area contributed by atoms with Gasteiger partial charge < -0.3 is 22.3 Å². The molecule has 0 saturated carbocycles. The second kappa shape index (κ2) is 11.0. The molecule has 0 N–H and O–H groups in total. The predicted octanol–water partition coefficient (Wildman–Crippen LogP) is 10.7. The van der Waals surface area contributed by atoms with Gasteiger partial charge in [0.25, 0.3) is 0 Å². The van der Waals surface area contributed by atoms with E-state index in [1.165, 1.54) is 46.7 Å². The van der Waals surface area contributed by atoms with Gasteiger partial charge in [0.2, 0.25) is 0 Å². The Morgan fingerprint density at radius 3 is 2.04 bits per heavy atom. The molecule has 252 valence electrons. The largest absolute Gasteiger partial charge is 0.737 e. The highest BCUT2D eigenvalue weighted by Gasteiger charge is 2.55. The Morgan fingerprint density at radius 2 is 1.35 bits per heavy atom. The summed E-state index contributed by atoms with van der Waals surface area (Å²) in [4.78, 5) is 13.4. The summed E-state index contributed by atoms with van der Waals surface area (Å²) in [7, 11) is 0. The number of aryl methyl sites for hydroxylation is 5. The second-order valence-electron chi connectivity index (χ2n) is 14.5. The molecule has 0 radical (unpaired) electrons. The fraction of sp³-hybridized carbons (Fsp3) is 0.182. The molecule has 7 aromatic rings. The molecule has 6 aromatic carbocycles. The summed E-state index contributed by atoms with van der Waals surface area (Å²) in [6.45, 7) is 7.14. The van der Waals surface area contributed by atoms with Crippen molar-refractivity contribution in [2.75, 3.05) is 0 Å². The zero-order valence-electron chi connectivity index (χ0n) is 29.6. The first kappa shape index (κ1) is 31.4. The van der Waals surface area contributed by atoms with Crippen LogP contribution in [0.15, 0.2) is 102 Å². The number of rotatable bonds is 5. The van der Waals surface area contributed by atoms with Crippen molar-refractivity contribution in [2.45, 2.75) is 54.4 Å². The number of nitrogens with zero attached hydrogens (tertiary/aromatic N) is 2. The molecule has 0 atom stereocenters. The molecular formula is C44H37BF2N2O2. The van der Waals surface area contributed by atoms with Crippen LogP contribution in [0.3, 0.4) is 0 Å². The molecule has 0 unspecified atom stereocenters. The SMILES string of the molecule is CC1=CC(C)=[N+]2C1=C(c1c(C)cc(OC(=O)CCc3ccc4c5cccc6cccc(c7cccc3c74)c65)cc1C)c1c(C)cc(C)n1[B-]2(F)F. The molecule has 9 rings (SSSR count). The number of carbonyl (C=O) groups is 1. The Balaban J connectivity index is 1.04. The number of aromatic nitrogens is 1. The number of benzene rings is 6. The van der Waals surface area contributed by atoms with Gasteiger partial charge in [0.1, 0.15) is 11.5 Å². The first-order valence-corrected chi connectivity index (χ1v) is 17.6. The molecular weight excluding hydrogens is 637 g/mol. The number of ether oxygens (including phenoxy) is 1. The van der Waals surface area contributed by atoms with Gasteiger partial charge in [-0.25, -0.2) is 0 Å². The molecule has 0 bridgehead atoms. The molecule has 7 heteroatoms. The van der Waals surface area contributed by atoms with Crippen LogP contribution in [0.25, 0.3) is 48.7 Å². The van der Waals surface area contributed by atoms with Crippen molar-refractivity contribution >= 4 is 67.3 Å². The zero-order valence-corrected chi connectivity index (χ0v) is 29.6. The van der Waals surface area contributed by atoms with Gasteiger partial charge in [0.05, 0.1) is 12.0 Å². The van der Waals surface area contributed by atoms with E-state index in [4.69, 9.17) is 4.74 Å². The maximum absolute atomic E-state index is 16.2. The molecule has 0 aliphatic carbocycles. The van der Waals surface area contributed by atoms with E-state index < -0.39 is 6.97 Å². The number of carbonyl (C=O) groups excluding carboxylic acids is 1. The average molecular weight is 675 g/mol. The molecule has 0 spiro atoms. The zero-order chi connectivity index (χ0) is 35.5. The fourth-order valence-electron chi connectivity index (χ4n) is 9.26. The van der Waals surface area contributed by atoms with Crippen LogP contribution in [0.4, 0.5) is 8.63 Å². The summed E-state index contributed by atoms with van der Waals surface area (Å²) in [6, 6.07) is 29.3. The van der Waals surface area contributed by atoms with Gasteiger partial charge >= 0.3 is 12.9 Å². The summed E-state index contributed by atoms with van der Waals surface area (Å²) in [5.41, 5.74) is 8.26. The van der Waals surface area contributed by atoms with Gasteiger partial charge in [-0.1, -0.05) is 66.7 Å². The molecule has 3 heterocycles. The minimum absolute atomic E-state index is 0.219. The summed E-state index contributed by atoms with van der Waals surface area (Å²) in [5.74, 6) is 0.142. The van der Waals surface area contributed by atoms with Crippen molar-refractivity contribution in [1.29, 1.82) is 0 Å². The first-order chi connectivity index (χ1) is 24.5. The smallest absolute Gasteiger partial charge is 0.427 e. The third-order valence-electron chi connectivity index (χ3n) is 11.1. The molecule has 51 heavy (non-hydrogen) atoms. The van der Waals surface area contributed by atoms with Crippen LogP contribution in [-0.2, 0) is 11.2 Å². The van der Waals surface area contributed by atoms with E-state index in [2.05, 4.69) is 66.7 Å². The fourth-order valence-corrected chi connectivity index (χ4v) is 9.26. The molecule has 0 saturated heterocycles. The molecule has 0 fully saturated rings. The highest BCUT2D eigenvalue weighted by molar-refractivity contribution is 6.58. The molecule has 1 aromatic heterocycles. The van der Waals surface area contributed by atoms with Crippen molar-refractivity contribution in [1.82, 2.24) is 4.48 Å². The lowest BCUT2D eigenvalue weighted by Crippen LogP contribution is -2.51. The van der Waals surface area contributed by atoms with Crippen LogP contribution in [0, 0.1) is 27.7 Å².